The van der Waals surface area contributed by atoms with Crippen LogP contribution in [0.5, 0.6) is 0 Å². The molecule has 1 aliphatic heterocycles. The average Bonchev–Trinajstić information content (AvgIpc) is 2.89. The normalized spacial score (nSPS) is 23.3. The Morgan fingerprint density at radius 3 is 2.95 bits per heavy atom. The fourth-order valence-corrected chi connectivity index (χ4v) is 2.65. The first-order chi connectivity index (χ1) is 9.09. The fraction of sp³-hybridized carbons (Fsp3) is 0.571. The SMILES string of the molecule is C[C@@H]1[C@H](C(=O)O)CCCN1C(=O)CCc1ccco1. The maximum Gasteiger partial charge on any atom is 0.308 e. The quantitative estimate of drug-likeness (QED) is 0.903. The second kappa shape index (κ2) is 5.91. The summed E-state index contributed by atoms with van der Waals surface area (Å²) in [4.78, 5) is 25.0. The number of aliphatic carboxylic acids is 1. The van der Waals surface area contributed by atoms with Crippen molar-refractivity contribution in [1.82, 2.24) is 4.90 Å². The highest BCUT2D eigenvalue weighted by Crippen LogP contribution is 2.24. The predicted molar refractivity (Wildman–Crippen MR) is 68.6 cm³/mol. The summed E-state index contributed by atoms with van der Waals surface area (Å²) in [5, 5.41) is 9.14. The maximum atomic E-state index is 12.2. The number of carboxylic acid groups (broad SMARTS) is 1. The molecule has 1 aromatic heterocycles. The molecular formula is C14H19NO4. The lowest BCUT2D eigenvalue weighted by atomic mass is 9.90. The van der Waals surface area contributed by atoms with Gasteiger partial charge in [-0.15, -0.1) is 0 Å². The lowest BCUT2D eigenvalue weighted by Gasteiger charge is -2.37. The van der Waals surface area contributed by atoms with Crippen molar-refractivity contribution in [2.45, 2.75) is 38.6 Å². The Hall–Kier alpha value is -1.78. The van der Waals surface area contributed by atoms with Crippen LogP contribution in [0, 0.1) is 5.92 Å². The third kappa shape index (κ3) is 3.16. The molecule has 0 aromatic carbocycles. The molecule has 0 radical (unpaired) electrons. The third-order valence-electron chi connectivity index (χ3n) is 3.79. The Bertz CT molecular complexity index is 440. The first-order valence-corrected chi connectivity index (χ1v) is 6.64. The Morgan fingerprint density at radius 2 is 2.32 bits per heavy atom. The number of hydrogen-bond donors (Lipinski definition) is 1. The molecule has 1 fully saturated rings. The molecule has 0 aliphatic carbocycles. The number of aryl methyl sites for hydroxylation is 1. The maximum absolute atomic E-state index is 12.2. The third-order valence-corrected chi connectivity index (χ3v) is 3.79. The number of carboxylic acids is 1. The molecule has 2 atom stereocenters. The minimum Gasteiger partial charge on any atom is -0.481 e. The number of piperidine rings is 1. The number of nitrogens with zero attached hydrogens (tertiary/aromatic N) is 1. The molecule has 1 amide bonds. The molecule has 1 saturated heterocycles. The zero-order chi connectivity index (χ0) is 13.8. The standard InChI is InChI=1S/C14H19NO4/c1-10-12(14(17)18)5-2-8-15(10)13(16)7-6-11-4-3-9-19-11/h3-4,9-10,12H,2,5-8H2,1H3,(H,17,18)/t10-,12-/m1/s1. The van der Waals surface area contributed by atoms with Gasteiger partial charge in [-0.1, -0.05) is 0 Å². The highest BCUT2D eigenvalue weighted by Gasteiger charge is 2.34. The van der Waals surface area contributed by atoms with Gasteiger partial charge in [-0.3, -0.25) is 9.59 Å². The summed E-state index contributed by atoms with van der Waals surface area (Å²) < 4.78 is 5.19. The second-order valence-electron chi connectivity index (χ2n) is 4.99. The molecule has 1 aromatic rings. The molecule has 1 aliphatic rings. The fourth-order valence-electron chi connectivity index (χ4n) is 2.65. The van der Waals surface area contributed by atoms with E-state index in [0.717, 1.165) is 12.2 Å². The van der Waals surface area contributed by atoms with Crippen LogP contribution in [0.3, 0.4) is 0 Å². The van der Waals surface area contributed by atoms with Gasteiger partial charge in [-0.05, 0) is 31.9 Å². The van der Waals surface area contributed by atoms with E-state index in [2.05, 4.69) is 0 Å². The molecule has 0 unspecified atom stereocenters. The number of hydrogen-bond acceptors (Lipinski definition) is 3. The van der Waals surface area contributed by atoms with E-state index in [-0.39, 0.29) is 11.9 Å². The van der Waals surface area contributed by atoms with Gasteiger partial charge in [-0.2, -0.15) is 0 Å². The number of carbonyl (C=O) groups is 2. The first-order valence-electron chi connectivity index (χ1n) is 6.64. The Balaban J connectivity index is 1.92. The lowest BCUT2D eigenvalue weighted by molar-refractivity contribution is -0.149. The van der Waals surface area contributed by atoms with Gasteiger partial charge in [0.25, 0.3) is 0 Å². The molecule has 1 N–H and O–H groups in total. The van der Waals surface area contributed by atoms with E-state index < -0.39 is 11.9 Å². The number of rotatable bonds is 4. The van der Waals surface area contributed by atoms with Crippen LogP contribution < -0.4 is 0 Å². The van der Waals surface area contributed by atoms with Crippen molar-refractivity contribution in [3.63, 3.8) is 0 Å². The van der Waals surface area contributed by atoms with Gasteiger partial charge in [0.2, 0.25) is 5.91 Å². The van der Waals surface area contributed by atoms with Crippen molar-refractivity contribution < 1.29 is 19.1 Å². The Labute approximate surface area is 112 Å². The molecular weight excluding hydrogens is 246 g/mol. The topological polar surface area (TPSA) is 70.8 Å². The van der Waals surface area contributed by atoms with Crippen LogP contribution in [0.1, 0.15) is 31.9 Å². The van der Waals surface area contributed by atoms with Gasteiger partial charge in [0.1, 0.15) is 5.76 Å². The van der Waals surface area contributed by atoms with Gasteiger partial charge in [0, 0.05) is 25.4 Å². The monoisotopic (exact) mass is 265 g/mol. The van der Waals surface area contributed by atoms with Crippen LogP contribution in [0.2, 0.25) is 0 Å². The number of carbonyl (C=O) groups excluding carboxylic acids is 1. The largest absolute Gasteiger partial charge is 0.481 e. The van der Waals surface area contributed by atoms with Crippen LogP contribution in [-0.4, -0.2) is 34.5 Å². The van der Waals surface area contributed by atoms with Crippen molar-refractivity contribution in [2.75, 3.05) is 6.54 Å². The smallest absolute Gasteiger partial charge is 0.308 e. The summed E-state index contributed by atoms with van der Waals surface area (Å²) >= 11 is 0. The molecule has 104 valence electrons. The van der Waals surface area contributed by atoms with Crippen LogP contribution >= 0.6 is 0 Å². The predicted octanol–water partition coefficient (Wildman–Crippen LogP) is 1.92. The van der Waals surface area contributed by atoms with Crippen LogP contribution in [-0.2, 0) is 16.0 Å². The number of amides is 1. The van der Waals surface area contributed by atoms with Crippen molar-refractivity contribution in [3.8, 4) is 0 Å². The summed E-state index contributed by atoms with van der Waals surface area (Å²) in [7, 11) is 0. The lowest BCUT2D eigenvalue weighted by Crippen LogP contribution is -2.49. The van der Waals surface area contributed by atoms with Crippen molar-refractivity contribution >= 4 is 11.9 Å². The van der Waals surface area contributed by atoms with Crippen LogP contribution in [0.25, 0.3) is 0 Å². The zero-order valence-corrected chi connectivity index (χ0v) is 11.0. The van der Waals surface area contributed by atoms with Gasteiger partial charge in [0.05, 0.1) is 12.2 Å². The van der Waals surface area contributed by atoms with Crippen LogP contribution in [0.4, 0.5) is 0 Å². The highest BCUT2D eigenvalue weighted by molar-refractivity contribution is 5.78. The Kier molecular flexibility index (Phi) is 4.24. The molecule has 0 saturated carbocycles. The summed E-state index contributed by atoms with van der Waals surface area (Å²) in [6.45, 7) is 2.48. The minimum atomic E-state index is -0.809. The van der Waals surface area contributed by atoms with Gasteiger partial charge >= 0.3 is 5.97 Å². The molecule has 0 bridgehead atoms. The second-order valence-corrected chi connectivity index (χ2v) is 4.99. The summed E-state index contributed by atoms with van der Waals surface area (Å²) in [6.07, 6.45) is 3.92. The number of likely N-dealkylation sites (tertiary alicyclic amines) is 1. The van der Waals surface area contributed by atoms with E-state index in [1.807, 2.05) is 13.0 Å². The van der Waals surface area contributed by atoms with E-state index in [4.69, 9.17) is 9.52 Å². The minimum absolute atomic E-state index is 0.00912. The van der Waals surface area contributed by atoms with E-state index in [1.165, 1.54) is 0 Å². The molecule has 5 nitrogen and oxygen atoms in total. The average molecular weight is 265 g/mol. The molecule has 2 heterocycles. The molecule has 0 spiro atoms. The Morgan fingerprint density at radius 1 is 1.53 bits per heavy atom. The highest BCUT2D eigenvalue weighted by atomic mass is 16.4. The van der Waals surface area contributed by atoms with E-state index in [0.29, 0.717) is 25.8 Å². The zero-order valence-electron chi connectivity index (χ0n) is 11.0. The van der Waals surface area contributed by atoms with E-state index in [9.17, 15) is 9.59 Å². The number of furan rings is 1. The molecule has 5 heteroatoms. The van der Waals surface area contributed by atoms with Gasteiger partial charge in [-0.25, -0.2) is 0 Å². The van der Waals surface area contributed by atoms with Crippen molar-refractivity contribution in [3.05, 3.63) is 24.2 Å². The van der Waals surface area contributed by atoms with Gasteiger partial charge in [0.15, 0.2) is 0 Å². The van der Waals surface area contributed by atoms with Crippen LogP contribution in [0.15, 0.2) is 22.8 Å². The summed E-state index contributed by atoms with van der Waals surface area (Å²) in [5.41, 5.74) is 0. The van der Waals surface area contributed by atoms with Gasteiger partial charge < -0.3 is 14.4 Å². The van der Waals surface area contributed by atoms with Crippen molar-refractivity contribution in [2.24, 2.45) is 5.92 Å². The van der Waals surface area contributed by atoms with E-state index >= 15 is 0 Å². The van der Waals surface area contributed by atoms with E-state index in [1.54, 1.807) is 17.2 Å². The molecule has 19 heavy (non-hydrogen) atoms. The summed E-state index contributed by atoms with van der Waals surface area (Å²) in [6, 6.07) is 3.41. The first kappa shape index (κ1) is 13.6. The van der Waals surface area contributed by atoms with Crippen molar-refractivity contribution in [1.29, 1.82) is 0 Å². The molecule has 2 rings (SSSR count). The summed E-state index contributed by atoms with van der Waals surface area (Å²) in [5.74, 6) is -0.458.